The van der Waals surface area contributed by atoms with Crippen molar-refractivity contribution in [3.05, 3.63) is 65.5 Å². The van der Waals surface area contributed by atoms with Gasteiger partial charge in [-0.3, -0.25) is 4.79 Å². The van der Waals surface area contributed by atoms with Crippen LogP contribution in [-0.2, 0) is 17.8 Å². The van der Waals surface area contributed by atoms with Gasteiger partial charge >= 0.3 is 0 Å². The number of hydrogen-bond donors (Lipinski definition) is 3. The molecule has 3 N–H and O–H groups in total. The van der Waals surface area contributed by atoms with Gasteiger partial charge in [-0.05, 0) is 42.7 Å². The molecule has 2 aromatic carbocycles. The maximum absolute atomic E-state index is 13.6. The van der Waals surface area contributed by atoms with Crippen molar-refractivity contribution >= 4 is 35.8 Å². The van der Waals surface area contributed by atoms with Gasteiger partial charge in [0, 0.05) is 19.6 Å². The molecule has 29 heavy (non-hydrogen) atoms. The predicted octanol–water partition coefficient (Wildman–Crippen LogP) is 2.87. The summed E-state index contributed by atoms with van der Waals surface area (Å²) >= 11 is 0. The van der Waals surface area contributed by atoms with Crippen molar-refractivity contribution in [2.24, 2.45) is 4.99 Å². The van der Waals surface area contributed by atoms with E-state index in [1.54, 1.807) is 19.2 Å². The summed E-state index contributed by atoms with van der Waals surface area (Å²) in [6.07, 6.45) is 0.529. The molecule has 0 atom stereocenters. The van der Waals surface area contributed by atoms with Gasteiger partial charge in [0.1, 0.15) is 18.1 Å². The van der Waals surface area contributed by atoms with Crippen molar-refractivity contribution in [3.8, 4) is 5.75 Å². The number of nitrogens with one attached hydrogen (secondary N) is 3. The number of methoxy groups -OCH3 is 1. The zero-order valence-corrected chi connectivity index (χ0v) is 19.0. The Morgan fingerprint density at radius 2 is 1.79 bits per heavy atom. The number of ether oxygens (including phenoxy) is 1. The van der Waals surface area contributed by atoms with E-state index in [4.69, 9.17) is 4.74 Å². The van der Waals surface area contributed by atoms with Crippen LogP contribution in [0.2, 0.25) is 0 Å². The van der Waals surface area contributed by atoms with Crippen LogP contribution >= 0.6 is 24.0 Å². The molecule has 0 bridgehead atoms. The first-order valence-electron chi connectivity index (χ1n) is 9.27. The second-order valence-corrected chi connectivity index (χ2v) is 6.09. The maximum atomic E-state index is 13.6. The van der Waals surface area contributed by atoms with E-state index in [0.717, 1.165) is 11.3 Å². The van der Waals surface area contributed by atoms with Crippen LogP contribution in [0.25, 0.3) is 0 Å². The Bertz CT molecular complexity index is 785. The summed E-state index contributed by atoms with van der Waals surface area (Å²) in [5.74, 6) is 0.904. The van der Waals surface area contributed by atoms with Crippen LogP contribution in [0.5, 0.6) is 5.75 Å². The molecule has 0 fully saturated rings. The van der Waals surface area contributed by atoms with Gasteiger partial charge in [-0.2, -0.15) is 0 Å². The normalized spacial score (nSPS) is 10.7. The average molecular weight is 514 g/mol. The molecule has 0 heterocycles. The molecule has 0 saturated carbocycles. The molecule has 6 nitrogen and oxygen atoms in total. The summed E-state index contributed by atoms with van der Waals surface area (Å²) in [7, 11) is 1.61. The summed E-state index contributed by atoms with van der Waals surface area (Å²) in [5.41, 5.74) is 1.62. The molecule has 0 unspecified atom stereocenters. The van der Waals surface area contributed by atoms with Crippen LogP contribution in [0.1, 0.15) is 18.1 Å². The fraction of sp³-hybridized carbons (Fsp3) is 0.333. The van der Waals surface area contributed by atoms with Crippen LogP contribution in [-0.4, -0.2) is 38.6 Å². The summed E-state index contributed by atoms with van der Waals surface area (Å²) in [5, 5.41) is 9.02. The Morgan fingerprint density at radius 3 is 2.45 bits per heavy atom. The number of nitrogens with zero attached hydrogens (tertiary/aromatic N) is 1. The van der Waals surface area contributed by atoms with E-state index in [9.17, 15) is 9.18 Å². The molecule has 158 valence electrons. The van der Waals surface area contributed by atoms with Gasteiger partial charge in [0.05, 0.1) is 7.11 Å². The third kappa shape index (κ3) is 9.12. The Hall–Kier alpha value is -2.36. The molecule has 0 aliphatic rings. The Labute approximate surface area is 188 Å². The highest BCUT2D eigenvalue weighted by atomic mass is 127. The van der Waals surface area contributed by atoms with Gasteiger partial charge in [0.25, 0.3) is 0 Å². The lowest BCUT2D eigenvalue weighted by Crippen LogP contribution is -2.39. The number of hydrogen-bond acceptors (Lipinski definition) is 3. The van der Waals surface area contributed by atoms with Gasteiger partial charge in [-0.25, -0.2) is 9.38 Å². The molecule has 1 amide bonds. The van der Waals surface area contributed by atoms with E-state index in [1.807, 2.05) is 37.3 Å². The number of guanidine groups is 1. The highest BCUT2D eigenvalue weighted by Gasteiger charge is 2.04. The van der Waals surface area contributed by atoms with Gasteiger partial charge in [0.15, 0.2) is 5.96 Å². The van der Waals surface area contributed by atoms with Crippen LogP contribution in [0.3, 0.4) is 0 Å². The van der Waals surface area contributed by atoms with Gasteiger partial charge in [0.2, 0.25) is 5.91 Å². The molecule has 2 aromatic rings. The average Bonchev–Trinajstić information content (AvgIpc) is 2.72. The first-order valence-corrected chi connectivity index (χ1v) is 9.27. The Morgan fingerprint density at radius 1 is 1.07 bits per heavy atom. The smallest absolute Gasteiger partial charge is 0.242 e. The molecule has 8 heteroatoms. The molecule has 0 spiro atoms. The number of carbonyl (C=O) groups excluding carboxylic acids is 1. The number of aliphatic imine (C=N–C) groups is 1. The Kier molecular flexibility index (Phi) is 11.7. The van der Waals surface area contributed by atoms with Crippen molar-refractivity contribution in [2.75, 3.05) is 26.7 Å². The van der Waals surface area contributed by atoms with Crippen LogP contribution in [0.4, 0.5) is 4.39 Å². The third-order valence-electron chi connectivity index (χ3n) is 4.02. The molecular weight excluding hydrogens is 486 g/mol. The standard InChI is InChI=1S/C21H27FN4O2.HI/c1-3-23-21(24-13-12-17-6-4-5-7-19(17)22)26-15-20(27)25-14-16-8-10-18(28-2)11-9-16;/h4-11H,3,12-15H2,1-2H3,(H,25,27)(H2,23,24,26);1H. The lowest BCUT2D eigenvalue weighted by atomic mass is 10.1. The zero-order chi connectivity index (χ0) is 20.2. The highest BCUT2D eigenvalue weighted by molar-refractivity contribution is 14.0. The number of halogens is 2. The van der Waals surface area contributed by atoms with E-state index in [1.165, 1.54) is 6.07 Å². The summed E-state index contributed by atoms with van der Waals surface area (Å²) < 4.78 is 18.8. The highest BCUT2D eigenvalue weighted by Crippen LogP contribution is 2.10. The van der Waals surface area contributed by atoms with E-state index < -0.39 is 0 Å². The van der Waals surface area contributed by atoms with E-state index in [-0.39, 0.29) is 42.2 Å². The summed E-state index contributed by atoms with van der Waals surface area (Å²) in [4.78, 5) is 16.3. The fourth-order valence-corrected chi connectivity index (χ4v) is 2.51. The molecule has 0 aliphatic carbocycles. The number of amides is 1. The van der Waals surface area contributed by atoms with Gasteiger partial charge < -0.3 is 20.7 Å². The maximum Gasteiger partial charge on any atom is 0.242 e. The summed E-state index contributed by atoms with van der Waals surface area (Å²) in [6, 6.07) is 14.2. The first-order chi connectivity index (χ1) is 13.6. The monoisotopic (exact) mass is 514 g/mol. The topological polar surface area (TPSA) is 74.8 Å². The zero-order valence-electron chi connectivity index (χ0n) is 16.7. The number of rotatable bonds is 9. The van der Waals surface area contributed by atoms with Crippen molar-refractivity contribution in [1.29, 1.82) is 0 Å². The second-order valence-electron chi connectivity index (χ2n) is 6.09. The summed E-state index contributed by atoms with van der Waals surface area (Å²) in [6.45, 7) is 3.55. The quantitative estimate of drug-likeness (QED) is 0.274. The van der Waals surface area contributed by atoms with Crippen molar-refractivity contribution in [2.45, 2.75) is 19.9 Å². The SMILES string of the molecule is CCNC(=NCC(=O)NCc1ccc(OC)cc1)NCCc1ccccc1F.I. The molecule has 0 saturated heterocycles. The third-order valence-corrected chi connectivity index (χ3v) is 4.02. The first kappa shape index (κ1) is 24.7. The van der Waals surface area contributed by atoms with Crippen LogP contribution in [0.15, 0.2) is 53.5 Å². The second kappa shape index (κ2) is 13.8. The van der Waals surface area contributed by atoms with E-state index in [0.29, 0.717) is 37.6 Å². The number of carbonyl (C=O) groups is 1. The van der Waals surface area contributed by atoms with Crippen molar-refractivity contribution in [1.82, 2.24) is 16.0 Å². The minimum Gasteiger partial charge on any atom is -0.497 e. The van der Waals surface area contributed by atoms with E-state index in [2.05, 4.69) is 20.9 Å². The van der Waals surface area contributed by atoms with Crippen LogP contribution < -0.4 is 20.7 Å². The minimum absolute atomic E-state index is 0. The lowest BCUT2D eigenvalue weighted by molar-refractivity contribution is -0.119. The van der Waals surface area contributed by atoms with Gasteiger partial charge in [-0.15, -0.1) is 24.0 Å². The molecule has 2 rings (SSSR count). The molecule has 0 aromatic heterocycles. The van der Waals surface area contributed by atoms with Crippen molar-refractivity contribution < 1.29 is 13.9 Å². The molecule has 0 radical (unpaired) electrons. The predicted molar refractivity (Wildman–Crippen MR) is 124 cm³/mol. The lowest BCUT2D eigenvalue weighted by Gasteiger charge is -2.11. The van der Waals surface area contributed by atoms with Crippen molar-refractivity contribution in [3.63, 3.8) is 0 Å². The van der Waals surface area contributed by atoms with Gasteiger partial charge in [-0.1, -0.05) is 30.3 Å². The minimum atomic E-state index is -0.218. The Balaban J connectivity index is 0.00000420. The molecule has 0 aliphatic heterocycles. The largest absolute Gasteiger partial charge is 0.497 e. The fourth-order valence-electron chi connectivity index (χ4n) is 2.51. The number of benzene rings is 2. The van der Waals surface area contributed by atoms with Crippen LogP contribution in [0, 0.1) is 5.82 Å². The molecular formula is C21H28FIN4O2. The van der Waals surface area contributed by atoms with E-state index >= 15 is 0 Å².